The van der Waals surface area contributed by atoms with E-state index in [4.69, 9.17) is 0 Å². The Labute approximate surface area is 164 Å². The topological polar surface area (TPSA) is 55.1 Å². The summed E-state index contributed by atoms with van der Waals surface area (Å²) in [6.45, 7) is 7.80. The first-order valence-corrected chi connectivity index (χ1v) is 9.19. The Balaban J connectivity index is 1.90. The number of anilines is 1. The van der Waals surface area contributed by atoms with Crippen molar-refractivity contribution in [3.05, 3.63) is 59.0 Å². The second kappa shape index (κ2) is 7.97. The number of allylic oxidation sites excluding steroid dienone is 1. The van der Waals surface area contributed by atoms with E-state index in [0.29, 0.717) is 23.6 Å². The van der Waals surface area contributed by atoms with Gasteiger partial charge in [0, 0.05) is 35.5 Å². The zero-order valence-electron chi connectivity index (χ0n) is 15.3. The molecule has 0 radical (unpaired) electrons. The number of hydrogen-bond donors (Lipinski definition) is 1. The molecular formula is C19H18F3N5S. The summed E-state index contributed by atoms with van der Waals surface area (Å²) in [5.74, 6) is 0.505. The van der Waals surface area contributed by atoms with Crippen LogP contribution in [-0.2, 0) is 6.18 Å². The maximum Gasteiger partial charge on any atom is 0.416 e. The van der Waals surface area contributed by atoms with Crippen LogP contribution in [0.15, 0.2) is 47.8 Å². The zero-order valence-corrected chi connectivity index (χ0v) is 16.1. The molecule has 0 saturated heterocycles. The zero-order chi connectivity index (χ0) is 20.3. The fourth-order valence-electron chi connectivity index (χ4n) is 2.61. The smallest absolute Gasteiger partial charge is 0.357 e. The van der Waals surface area contributed by atoms with Crippen LogP contribution in [-0.4, -0.2) is 27.9 Å². The first-order chi connectivity index (χ1) is 13.3. The van der Waals surface area contributed by atoms with Gasteiger partial charge in [0.25, 0.3) is 0 Å². The third-order valence-electron chi connectivity index (χ3n) is 4.01. The highest BCUT2D eigenvalue weighted by molar-refractivity contribution is 7.15. The SMILES string of the molecule is C=Nn1cc(-c2cccc(C(F)(F)F)c2)nc1C(=CC)CNc1ncc(C)s1. The highest BCUT2D eigenvalue weighted by Crippen LogP contribution is 2.32. The molecule has 0 aliphatic heterocycles. The van der Waals surface area contributed by atoms with Gasteiger partial charge in [0.15, 0.2) is 11.0 Å². The fourth-order valence-corrected chi connectivity index (χ4v) is 3.27. The van der Waals surface area contributed by atoms with Gasteiger partial charge in [-0.05, 0) is 26.0 Å². The van der Waals surface area contributed by atoms with Crippen molar-refractivity contribution in [2.75, 3.05) is 11.9 Å². The minimum Gasteiger partial charge on any atom is -0.357 e. The summed E-state index contributed by atoms with van der Waals surface area (Å²) in [5, 5.41) is 7.91. The van der Waals surface area contributed by atoms with Crippen molar-refractivity contribution in [1.82, 2.24) is 14.6 Å². The molecule has 5 nitrogen and oxygen atoms in total. The summed E-state index contributed by atoms with van der Waals surface area (Å²) < 4.78 is 40.5. The average molecular weight is 405 g/mol. The number of aryl methyl sites for hydroxylation is 1. The van der Waals surface area contributed by atoms with Gasteiger partial charge in [-0.1, -0.05) is 18.2 Å². The Hall–Kier alpha value is -2.94. The molecule has 3 rings (SSSR count). The summed E-state index contributed by atoms with van der Waals surface area (Å²) in [4.78, 5) is 9.84. The van der Waals surface area contributed by atoms with Crippen LogP contribution in [0.25, 0.3) is 16.8 Å². The molecule has 0 spiro atoms. The Bertz CT molecular complexity index is 1020. The quantitative estimate of drug-likeness (QED) is 0.565. The van der Waals surface area contributed by atoms with Crippen molar-refractivity contribution < 1.29 is 13.2 Å². The molecule has 0 aliphatic rings. The molecule has 0 saturated carbocycles. The average Bonchev–Trinajstić information content (AvgIpc) is 3.28. The van der Waals surface area contributed by atoms with Crippen LogP contribution in [0.5, 0.6) is 0 Å². The number of nitrogens with one attached hydrogen (secondary N) is 1. The molecule has 146 valence electrons. The van der Waals surface area contributed by atoms with Crippen LogP contribution >= 0.6 is 11.3 Å². The van der Waals surface area contributed by atoms with Gasteiger partial charge in [-0.3, -0.25) is 0 Å². The van der Waals surface area contributed by atoms with Crippen LogP contribution in [0.1, 0.15) is 23.2 Å². The van der Waals surface area contributed by atoms with E-state index in [2.05, 4.69) is 27.1 Å². The molecule has 2 heterocycles. The maximum atomic E-state index is 13.0. The Kier molecular flexibility index (Phi) is 5.64. The van der Waals surface area contributed by atoms with Gasteiger partial charge in [0.1, 0.15) is 0 Å². The van der Waals surface area contributed by atoms with E-state index >= 15 is 0 Å². The van der Waals surface area contributed by atoms with Crippen molar-refractivity contribution in [3.8, 4) is 11.3 Å². The predicted molar refractivity (Wildman–Crippen MR) is 107 cm³/mol. The molecule has 0 amide bonds. The third kappa shape index (κ3) is 4.30. The van der Waals surface area contributed by atoms with Crippen molar-refractivity contribution in [2.24, 2.45) is 5.10 Å². The number of nitrogens with zero attached hydrogens (tertiary/aromatic N) is 4. The third-order valence-corrected chi connectivity index (χ3v) is 4.88. The van der Waals surface area contributed by atoms with Gasteiger partial charge in [-0.25, -0.2) is 14.6 Å². The largest absolute Gasteiger partial charge is 0.416 e. The molecule has 0 fully saturated rings. The summed E-state index contributed by atoms with van der Waals surface area (Å²) in [6.07, 6.45) is 0.797. The van der Waals surface area contributed by atoms with E-state index in [0.717, 1.165) is 27.7 Å². The Morgan fingerprint density at radius 3 is 2.79 bits per heavy atom. The normalized spacial score (nSPS) is 12.2. The molecule has 28 heavy (non-hydrogen) atoms. The standard InChI is InChI=1S/C19H18F3N5S/c1-4-13(10-25-18-24-9-12(2)28-18)17-26-16(11-27(17)23-3)14-6-5-7-15(8-14)19(20,21)22/h4-9,11H,3,10H2,1-2H3,(H,24,25). The lowest BCUT2D eigenvalue weighted by Crippen LogP contribution is -2.07. The van der Waals surface area contributed by atoms with E-state index in [-0.39, 0.29) is 0 Å². The van der Waals surface area contributed by atoms with Gasteiger partial charge in [-0.15, -0.1) is 11.3 Å². The number of alkyl halides is 3. The minimum absolute atomic E-state index is 0.359. The predicted octanol–water partition coefficient (Wildman–Crippen LogP) is 5.31. The van der Waals surface area contributed by atoms with Crippen molar-refractivity contribution in [2.45, 2.75) is 20.0 Å². The lowest BCUT2D eigenvalue weighted by atomic mass is 10.1. The van der Waals surface area contributed by atoms with E-state index in [1.54, 1.807) is 18.5 Å². The maximum absolute atomic E-state index is 13.0. The number of benzene rings is 1. The lowest BCUT2D eigenvalue weighted by Gasteiger charge is -2.08. The van der Waals surface area contributed by atoms with E-state index in [1.165, 1.54) is 22.1 Å². The van der Waals surface area contributed by atoms with Gasteiger partial charge in [0.2, 0.25) is 0 Å². The summed E-state index contributed by atoms with van der Waals surface area (Å²) in [6, 6.07) is 5.05. The van der Waals surface area contributed by atoms with Crippen molar-refractivity contribution in [1.29, 1.82) is 0 Å². The molecular weight excluding hydrogens is 387 g/mol. The highest BCUT2D eigenvalue weighted by atomic mass is 32.1. The molecule has 2 aromatic heterocycles. The van der Waals surface area contributed by atoms with Gasteiger partial charge in [0.05, 0.1) is 17.5 Å². The number of halogens is 3. The highest BCUT2D eigenvalue weighted by Gasteiger charge is 2.30. The molecule has 0 atom stereocenters. The fraction of sp³-hybridized carbons (Fsp3) is 0.211. The van der Waals surface area contributed by atoms with Crippen LogP contribution in [0, 0.1) is 6.92 Å². The number of imidazole rings is 1. The van der Waals surface area contributed by atoms with Crippen molar-refractivity contribution >= 4 is 28.8 Å². The number of hydrogen-bond acceptors (Lipinski definition) is 5. The number of thiazole rings is 1. The summed E-state index contributed by atoms with van der Waals surface area (Å²) >= 11 is 1.53. The van der Waals surface area contributed by atoms with Gasteiger partial charge in [-0.2, -0.15) is 18.3 Å². The van der Waals surface area contributed by atoms with E-state index in [1.807, 2.05) is 19.9 Å². The first kappa shape index (κ1) is 19.8. The second-order valence-corrected chi connectivity index (χ2v) is 7.19. The van der Waals surface area contributed by atoms with E-state index in [9.17, 15) is 13.2 Å². The van der Waals surface area contributed by atoms with Crippen molar-refractivity contribution in [3.63, 3.8) is 0 Å². The van der Waals surface area contributed by atoms with Gasteiger partial charge >= 0.3 is 6.18 Å². The van der Waals surface area contributed by atoms with Crippen LogP contribution in [0.4, 0.5) is 18.3 Å². The number of rotatable bonds is 6. The second-order valence-electron chi connectivity index (χ2n) is 5.96. The molecule has 1 aromatic carbocycles. The molecule has 0 aliphatic carbocycles. The van der Waals surface area contributed by atoms with Gasteiger partial charge < -0.3 is 5.32 Å². The Morgan fingerprint density at radius 1 is 1.39 bits per heavy atom. The minimum atomic E-state index is -4.41. The lowest BCUT2D eigenvalue weighted by molar-refractivity contribution is -0.137. The summed E-state index contributed by atoms with van der Waals surface area (Å²) in [7, 11) is 0. The summed E-state index contributed by atoms with van der Waals surface area (Å²) in [5.41, 5.74) is 0.841. The molecule has 0 bridgehead atoms. The molecule has 1 N–H and O–H groups in total. The van der Waals surface area contributed by atoms with Crippen LogP contribution in [0.2, 0.25) is 0 Å². The first-order valence-electron chi connectivity index (χ1n) is 8.37. The molecule has 0 unspecified atom stereocenters. The number of aromatic nitrogens is 3. The molecule has 9 heteroatoms. The monoisotopic (exact) mass is 405 g/mol. The molecule has 3 aromatic rings. The van der Waals surface area contributed by atoms with Crippen LogP contribution < -0.4 is 5.32 Å². The van der Waals surface area contributed by atoms with E-state index < -0.39 is 11.7 Å². The van der Waals surface area contributed by atoms with Crippen LogP contribution in [0.3, 0.4) is 0 Å². The Morgan fingerprint density at radius 2 is 2.18 bits per heavy atom.